The van der Waals surface area contributed by atoms with E-state index < -0.39 is 6.10 Å². The maximum Gasteiger partial charge on any atom is 0.271 e. The van der Waals surface area contributed by atoms with Gasteiger partial charge >= 0.3 is 0 Å². The predicted molar refractivity (Wildman–Crippen MR) is 133 cm³/mol. The molecule has 2 aromatic carbocycles. The first-order chi connectivity index (χ1) is 17.0. The van der Waals surface area contributed by atoms with Gasteiger partial charge in [0.05, 0.1) is 12.1 Å². The van der Waals surface area contributed by atoms with Crippen LogP contribution in [0.2, 0.25) is 0 Å². The average molecular weight is 476 g/mol. The van der Waals surface area contributed by atoms with Crippen molar-refractivity contribution in [2.24, 2.45) is 11.1 Å². The number of rotatable bonds is 4. The van der Waals surface area contributed by atoms with E-state index in [4.69, 9.17) is 4.84 Å². The van der Waals surface area contributed by atoms with Crippen molar-refractivity contribution in [3.05, 3.63) is 71.8 Å². The van der Waals surface area contributed by atoms with E-state index in [1.165, 1.54) is 0 Å². The van der Waals surface area contributed by atoms with Gasteiger partial charge in [0.1, 0.15) is 5.71 Å². The zero-order valence-corrected chi connectivity index (χ0v) is 20.1. The molecule has 2 aromatic rings. The standard InChI is InChI=1S/C28H33N3O4/c1-19-25(32)13-8-15-31(19)27(33)22-14-16-30(18-23(22)20-9-4-2-5-10-20)28(34)24-17-26(35-29-24)21-11-6-3-7-12-21/h2-7,9-12,19,22-23,25-26,32H,8,13-18H2,1H3/t19?,22-,23-,25?,26?/m1/s1. The van der Waals surface area contributed by atoms with E-state index in [9.17, 15) is 14.7 Å². The molecular formula is C28H33N3O4. The normalized spacial score (nSPS) is 28.9. The molecule has 1 N–H and O–H groups in total. The molecule has 0 aromatic heterocycles. The Hall–Kier alpha value is -3.19. The van der Waals surface area contributed by atoms with Gasteiger partial charge in [-0.2, -0.15) is 0 Å². The molecule has 3 aliphatic heterocycles. The fraction of sp³-hybridized carbons (Fsp3) is 0.464. The summed E-state index contributed by atoms with van der Waals surface area (Å²) in [6.07, 6.45) is 1.84. The van der Waals surface area contributed by atoms with E-state index in [2.05, 4.69) is 5.16 Å². The second kappa shape index (κ2) is 10.2. The fourth-order valence-corrected chi connectivity index (χ4v) is 5.65. The van der Waals surface area contributed by atoms with Crippen LogP contribution in [0.1, 0.15) is 55.8 Å². The summed E-state index contributed by atoms with van der Waals surface area (Å²) in [5.41, 5.74) is 2.49. The zero-order chi connectivity index (χ0) is 24.4. The van der Waals surface area contributed by atoms with Gasteiger partial charge < -0.3 is 19.7 Å². The minimum atomic E-state index is -0.484. The van der Waals surface area contributed by atoms with Crippen molar-refractivity contribution >= 4 is 17.5 Å². The Balaban J connectivity index is 1.32. The van der Waals surface area contributed by atoms with Crippen LogP contribution in [-0.2, 0) is 14.4 Å². The highest BCUT2D eigenvalue weighted by Gasteiger charge is 2.42. The summed E-state index contributed by atoms with van der Waals surface area (Å²) in [6, 6.07) is 19.6. The van der Waals surface area contributed by atoms with Gasteiger partial charge in [-0.3, -0.25) is 9.59 Å². The molecule has 0 aliphatic carbocycles. The Bertz CT molecular complexity index is 1070. The SMILES string of the molecule is CC1C(O)CCCN1C(=O)[C@@H]1CCN(C(=O)C2=NOC(c3ccccc3)C2)C[C@@H]1c1ccccc1. The molecule has 2 amide bonds. The van der Waals surface area contributed by atoms with Gasteiger partial charge in [-0.25, -0.2) is 0 Å². The number of oxime groups is 1. The Labute approximate surface area is 206 Å². The Morgan fingerprint density at radius 1 is 0.971 bits per heavy atom. The molecule has 0 saturated carbocycles. The van der Waals surface area contributed by atoms with Crippen LogP contribution >= 0.6 is 0 Å². The summed E-state index contributed by atoms with van der Waals surface area (Å²) < 4.78 is 0. The first-order valence-corrected chi connectivity index (χ1v) is 12.6. The fourth-order valence-electron chi connectivity index (χ4n) is 5.65. The molecule has 2 saturated heterocycles. The second-order valence-corrected chi connectivity index (χ2v) is 9.89. The number of aliphatic hydroxyl groups excluding tert-OH is 1. The zero-order valence-electron chi connectivity index (χ0n) is 20.1. The van der Waals surface area contributed by atoms with E-state index in [0.717, 1.165) is 24.0 Å². The van der Waals surface area contributed by atoms with Crippen molar-refractivity contribution in [2.45, 2.75) is 56.8 Å². The third-order valence-electron chi connectivity index (χ3n) is 7.76. The van der Waals surface area contributed by atoms with Gasteiger partial charge in [0.2, 0.25) is 5.91 Å². The van der Waals surface area contributed by atoms with Crippen LogP contribution in [-0.4, -0.2) is 64.2 Å². The van der Waals surface area contributed by atoms with Crippen molar-refractivity contribution in [3.63, 3.8) is 0 Å². The van der Waals surface area contributed by atoms with Crippen LogP contribution in [0.25, 0.3) is 0 Å². The lowest BCUT2D eigenvalue weighted by Gasteiger charge is -2.43. The molecule has 5 rings (SSSR count). The quantitative estimate of drug-likeness (QED) is 0.734. The van der Waals surface area contributed by atoms with Gasteiger partial charge in [-0.1, -0.05) is 65.8 Å². The van der Waals surface area contributed by atoms with Crippen molar-refractivity contribution in [2.75, 3.05) is 19.6 Å². The molecule has 35 heavy (non-hydrogen) atoms. The molecule has 184 valence electrons. The molecule has 2 fully saturated rings. The molecule has 0 radical (unpaired) electrons. The number of nitrogens with zero attached hydrogens (tertiary/aromatic N) is 3. The molecular weight excluding hydrogens is 442 g/mol. The Morgan fingerprint density at radius 2 is 1.66 bits per heavy atom. The third kappa shape index (κ3) is 4.82. The molecule has 0 spiro atoms. The number of piperidine rings is 2. The van der Waals surface area contributed by atoms with Crippen LogP contribution in [0.5, 0.6) is 0 Å². The van der Waals surface area contributed by atoms with Crippen molar-refractivity contribution in [1.29, 1.82) is 0 Å². The maximum atomic E-state index is 13.7. The van der Waals surface area contributed by atoms with Crippen LogP contribution in [0.3, 0.4) is 0 Å². The van der Waals surface area contributed by atoms with Crippen LogP contribution < -0.4 is 0 Å². The largest absolute Gasteiger partial charge is 0.391 e. The Morgan fingerprint density at radius 3 is 2.37 bits per heavy atom. The summed E-state index contributed by atoms with van der Waals surface area (Å²) in [4.78, 5) is 36.4. The monoisotopic (exact) mass is 475 g/mol. The number of carbonyl (C=O) groups excluding carboxylic acids is 2. The van der Waals surface area contributed by atoms with E-state index >= 15 is 0 Å². The van der Waals surface area contributed by atoms with Gasteiger partial charge in [0.15, 0.2) is 6.10 Å². The highest BCUT2D eigenvalue weighted by Crippen LogP contribution is 2.36. The first kappa shape index (κ1) is 23.5. The van der Waals surface area contributed by atoms with E-state index in [1.54, 1.807) is 0 Å². The maximum absolute atomic E-state index is 13.7. The summed E-state index contributed by atoms with van der Waals surface area (Å²) >= 11 is 0. The minimum absolute atomic E-state index is 0.0860. The second-order valence-electron chi connectivity index (χ2n) is 9.89. The summed E-state index contributed by atoms with van der Waals surface area (Å²) in [5, 5.41) is 14.5. The first-order valence-electron chi connectivity index (χ1n) is 12.6. The van der Waals surface area contributed by atoms with Crippen LogP contribution in [0, 0.1) is 5.92 Å². The number of benzene rings is 2. The van der Waals surface area contributed by atoms with Crippen molar-refractivity contribution < 1.29 is 19.5 Å². The van der Waals surface area contributed by atoms with E-state index in [1.807, 2.05) is 77.4 Å². The average Bonchev–Trinajstić information content (AvgIpc) is 3.41. The smallest absolute Gasteiger partial charge is 0.271 e. The number of hydrogen-bond donors (Lipinski definition) is 1. The van der Waals surface area contributed by atoms with Gasteiger partial charge in [-0.05, 0) is 37.3 Å². The van der Waals surface area contributed by atoms with Gasteiger partial charge in [0.25, 0.3) is 5.91 Å². The molecule has 0 bridgehead atoms. The number of carbonyl (C=O) groups is 2. The number of aliphatic hydroxyl groups is 1. The lowest BCUT2D eigenvalue weighted by molar-refractivity contribution is -0.146. The van der Waals surface area contributed by atoms with Gasteiger partial charge in [0, 0.05) is 37.9 Å². The van der Waals surface area contributed by atoms with Crippen LogP contribution in [0.15, 0.2) is 65.8 Å². The molecule has 3 aliphatic rings. The van der Waals surface area contributed by atoms with Gasteiger partial charge in [-0.15, -0.1) is 0 Å². The highest BCUT2D eigenvalue weighted by atomic mass is 16.6. The number of likely N-dealkylation sites (tertiary alicyclic amines) is 2. The molecule has 7 heteroatoms. The van der Waals surface area contributed by atoms with Crippen LogP contribution in [0.4, 0.5) is 0 Å². The number of hydrogen-bond acceptors (Lipinski definition) is 5. The highest BCUT2D eigenvalue weighted by molar-refractivity contribution is 6.39. The lowest BCUT2D eigenvalue weighted by Crippen LogP contribution is -2.55. The van der Waals surface area contributed by atoms with E-state index in [-0.39, 0.29) is 35.8 Å². The summed E-state index contributed by atoms with van der Waals surface area (Å²) in [5.74, 6) is -0.367. The molecule has 3 heterocycles. The predicted octanol–water partition coefficient (Wildman–Crippen LogP) is 3.51. The third-order valence-corrected chi connectivity index (χ3v) is 7.76. The number of amides is 2. The molecule has 5 atom stereocenters. The topological polar surface area (TPSA) is 82.4 Å². The van der Waals surface area contributed by atoms with Crippen molar-refractivity contribution in [3.8, 4) is 0 Å². The van der Waals surface area contributed by atoms with Crippen molar-refractivity contribution in [1.82, 2.24) is 9.80 Å². The summed E-state index contributed by atoms with van der Waals surface area (Å²) in [6.45, 7) is 3.56. The molecule has 7 nitrogen and oxygen atoms in total. The van der Waals surface area contributed by atoms with E-state index in [0.29, 0.717) is 38.2 Å². The summed E-state index contributed by atoms with van der Waals surface area (Å²) in [7, 11) is 0. The minimum Gasteiger partial charge on any atom is -0.391 e. The lowest BCUT2D eigenvalue weighted by atomic mass is 9.79. The Kier molecular flexibility index (Phi) is 6.86. The molecule has 3 unspecified atom stereocenters.